The molecule has 0 fully saturated rings. The lowest BCUT2D eigenvalue weighted by atomic mass is 10.0. The molecule has 1 aromatic carbocycles. The molecule has 0 heterocycles. The van der Waals surface area contributed by atoms with Gasteiger partial charge < -0.3 is 11.5 Å². The molecule has 0 aromatic heterocycles. The molecule has 2 atom stereocenters. The van der Waals surface area contributed by atoms with Crippen molar-refractivity contribution >= 4 is 11.6 Å². The van der Waals surface area contributed by atoms with Crippen LogP contribution in [0.25, 0.3) is 0 Å². The van der Waals surface area contributed by atoms with Gasteiger partial charge in [0.25, 0.3) is 0 Å². The fourth-order valence-corrected chi connectivity index (χ4v) is 1.37. The van der Waals surface area contributed by atoms with Crippen LogP contribution in [0.5, 0.6) is 0 Å². The van der Waals surface area contributed by atoms with Crippen molar-refractivity contribution in [2.24, 2.45) is 11.5 Å². The third-order valence-electron chi connectivity index (χ3n) is 1.92. The fourth-order valence-electron chi connectivity index (χ4n) is 1.25. The molecule has 0 bridgehead atoms. The van der Waals surface area contributed by atoms with Crippen LogP contribution < -0.4 is 11.5 Å². The molecule has 13 heavy (non-hydrogen) atoms. The summed E-state index contributed by atoms with van der Waals surface area (Å²) in [4.78, 5) is 0. The minimum Gasteiger partial charge on any atom is -0.328 e. The number of nitrogens with two attached hydrogens (primary N) is 2. The van der Waals surface area contributed by atoms with Crippen LogP contribution in [-0.2, 0) is 0 Å². The minimum atomic E-state index is 0.0114. The third kappa shape index (κ3) is 3.35. The van der Waals surface area contributed by atoms with Crippen LogP contribution >= 0.6 is 11.6 Å². The zero-order chi connectivity index (χ0) is 9.84. The number of halogens is 1. The van der Waals surface area contributed by atoms with Gasteiger partial charge in [-0.2, -0.15) is 0 Å². The van der Waals surface area contributed by atoms with E-state index in [0.717, 1.165) is 17.0 Å². The largest absolute Gasteiger partial charge is 0.328 e. The molecule has 0 saturated carbocycles. The van der Waals surface area contributed by atoms with Crippen molar-refractivity contribution in [3.8, 4) is 0 Å². The van der Waals surface area contributed by atoms with Gasteiger partial charge in [-0.25, -0.2) is 0 Å². The van der Waals surface area contributed by atoms with Crippen LogP contribution in [0.2, 0.25) is 5.02 Å². The second-order valence-corrected chi connectivity index (χ2v) is 3.81. The zero-order valence-electron chi connectivity index (χ0n) is 7.70. The molecule has 72 valence electrons. The maximum Gasteiger partial charge on any atom is 0.0406 e. The van der Waals surface area contributed by atoms with Crippen molar-refractivity contribution in [3.63, 3.8) is 0 Å². The molecular formula is C10H15ClN2. The minimum absolute atomic E-state index is 0.0114. The fraction of sp³-hybridized carbons (Fsp3) is 0.400. The number of rotatable bonds is 3. The quantitative estimate of drug-likeness (QED) is 0.782. The van der Waals surface area contributed by atoms with Gasteiger partial charge in [-0.15, -0.1) is 0 Å². The van der Waals surface area contributed by atoms with E-state index >= 15 is 0 Å². The maximum absolute atomic E-state index is 5.92. The molecule has 0 aliphatic carbocycles. The molecule has 0 aliphatic rings. The lowest BCUT2D eigenvalue weighted by Gasteiger charge is -2.14. The van der Waals surface area contributed by atoms with Crippen LogP contribution in [0.4, 0.5) is 0 Å². The summed E-state index contributed by atoms with van der Waals surface area (Å²) < 4.78 is 0. The van der Waals surface area contributed by atoms with E-state index in [4.69, 9.17) is 23.1 Å². The highest BCUT2D eigenvalue weighted by atomic mass is 35.5. The van der Waals surface area contributed by atoms with Crippen molar-refractivity contribution in [1.29, 1.82) is 0 Å². The van der Waals surface area contributed by atoms with Gasteiger partial charge in [0.15, 0.2) is 0 Å². The zero-order valence-corrected chi connectivity index (χ0v) is 8.46. The first-order chi connectivity index (χ1) is 6.09. The topological polar surface area (TPSA) is 52.0 Å². The van der Waals surface area contributed by atoms with E-state index in [1.165, 1.54) is 0 Å². The van der Waals surface area contributed by atoms with Gasteiger partial charge in [0.2, 0.25) is 0 Å². The smallest absolute Gasteiger partial charge is 0.0406 e. The van der Waals surface area contributed by atoms with Crippen LogP contribution in [0.15, 0.2) is 24.3 Å². The Bertz CT molecular complexity index is 256. The van der Waals surface area contributed by atoms with Crippen molar-refractivity contribution in [2.45, 2.75) is 25.4 Å². The van der Waals surface area contributed by atoms with Crippen molar-refractivity contribution in [2.75, 3.05) is 0 Å². The van der Waals surface area contributed by atoms with E-state index in [0.29, 0.717) is 0 Å². The molecule has 0 radical (unpaired) electrons. The van der Waals surface area contributed by atoms with E-state index in [-0.39, 0.29) is 12.1 Å². The van der Waals surface area contributed by atoms with Gasteiger partial charge in [-0.3, -0.25) is 0 Å². The van der Waals surface area contributed by atoms with Crippen LogP contribution in [0.1, 0.15) is 24.9 Å². The monoisotopic (exact) mass is 198 g/mol. The average Bonchev–Trinajstić information content (AvgIpc) is 2.04. The van der Waals surface area contributed by atoms with Crippen LogP contribution in [0, 0.1) is 0 Å². The van der Waals surface area contributed by atoms with E-state index in [1.807, 2.05) is 31.2 Å². The summed E-state index contributed by atoms with van der Waals surface area (Å²) in [6.45, 7) is 1.95. The van der Waals surface area contributed by atoms with Gasteiger partial charge in [-0.1, -0.05) is 23.7 Å². The highest BCUT2D eigenvalue weighted by molar-refractivity contribution is 6.30. The van der Waals surface area contributed by atoms with E-state index in [2.05, 4.69) is 0 Å². The molecule has 1 aromatic rings. The Labute approximate surface area is 83.9 Å². The summed E-state index contributed by atoms with van der Waals surface area (Å²) in [5.74, 6) is 0. The van der Waals surface area contributed by atoms with Crippen molar-refractivity contribution in [1.82, 2.24) is 0 Å². The Morgan fingerprint density at radius 1 is 1.23 bits per heavy atom. The first kappa shape index (κ1) is 10.5. The standard InChI is InChI=1S/C10H15ClN2/c1-7(12)6-10(13)8-2-4-9(11)5-3-8/h2-5,7,10H,6,12-13H2,1H3. The Kier molecular flexibility index (Phi) is 3.72. The summed E-state index contributed by atoms with van der Waals surface area (Å²) in [6, 6.07) is 7.71. The normalized spacial score (nSPS) is 15.4. The lowest BCUT2D eigenvalue weighted by molar-refractivity contribution is 0.568. The van der Waals surface area contributed by atoms with Gasteiger partial charge in [0.05, 0.1) is 0 Å². The van der Waals surface area contributed by atoms with E-state index < -0.39 is 0 Å². The molecule has 3 heteroatoms. The second-order valence-electron chi connectivity index (χ2n) is 3.37. The Morgan fingerprint density at radius 3 is 2.23 bits per heavy atom. The number of hydrogen-bond donors (Lipinski definition) is 2. The highest BCUT2D eigenvalue weighted by Gasteiger charge is 2.07. The molecule has 1 rings (SSSR count). The predicted molar refractivity (Wildman–Crippen MR) is 56.6 cm³/mol. The number of benzene rings is 1. The molecule has 0 spiro atoms. The van der Waals surface area contributed by atoms with Gasteiger partial charge in [-0.05, 0) is 31.0 Å². The Morgan fingerprint density at radius 2 is 1.77 bits per heavy atom. The number of hydrogen-bond acceptors (Lipinski definition) is 2. The molecule has 0 aliphatic heterocycles. The Hall–Kier alpha value is -0.570. The predicted octanol–water partition coefficient (Wildman–Crippen LogP) is 2.08. The maximum atomic E-state index is 5.92. The van der Waals surface area contributed by atoms with Crippen molar-refractivity contribution < 1.29 is 0 Å². The second kappa shape index (κ2) is 4.61. The molecular weight excluding hydrogens is 184 g/mol. The molecule has 2 nitrogen and oxygen atoms in total. The molecule has 4 N–H and O–H groups in total. The first-order valence-corrected chi connectivity index (χ1v) is 4.74. The SMILES string of the molecule is CC(N)CC(N)c1ccc(Cl)cc1. The molecule has 2 unspecified atom stereocenters. The highest BCUT2D eigenvalue weighted by Crippen LogP contribution is 2.17. The summed E-state index contributed by atoms with van der Waals surface area (Å²) >= 11 is 5.76. The molecule has 0 saturated heterocycles. The summed E-state index contributed by atoms with van der Waals surface area (Å²) in [6.07, 6.45) is 0.793. The van der Waals surface area contributed by atoms with Crippen LogP contribution in [-0.4, -0.2) is 6.04 Å². The summed E-state index contributed by atoms with van der Waals surface area (Å²) in [5.41, 5.74) is 12.7. The summed E-state index contributed by atoms with van der Waals surface area (Å²) in [5, 5.41) is 0.733. The summed E-state index contributed by atoms with van der Waals surface area (Å²) in [7, 11) is 0. The first-order valence-electron chi connectivity index (χ1n) is 4.36. The lowest BCUT2D eigenvalue weighted by Crippen LogP contribution is -2.23. The molecule has 0 amide bonds. The van der Waals surface area contributed by atoms with Gasteiger partial charge in [0, 0.05) is 17.1 Å². The van der Waals surface area contributed by atoms with Gasteiger partial charge >= 0.3 is 0 Å². The van der Waals surface area contributed by atoms with Crippen LogP contribution in [0.3, 0.4) is 0 Å². The van der Waals surface area contributed by atoms with Gasteiger partial charge in [0.1, 0.15) is 0 Å². The van der Waals surface area contributed by atoms with E-state index in [1.54, 1.807) is 0 Å². The Balaban J connectivity index is 2.66. The third-order valence-corrected chi connectivity index (χ3v) is 2.18. The average molecular weight is 199 g/mol. The van der Waals surface area contributed by atoms with Crippen molar-refractivity contribution in [3.05, 3.63) is 34.9 Å². The van der Waals surface area contributed by atoms with E-state index in [9.17, 15) is 0 Å².